The fourth-order valence-corrected chi connectivity index (χ4v) is 2.56. The summed E-state index contributed by atoms with van der Waals surface area (Å²) >= 11 is 0. The van der Waals surface area contributed by atoms with E-state index in [1.165, 1.54) is 24.8 Å². The van der Waals surface area contributed by atoms with E-state index in [0.29, 0.717) is 11.5 Å². The van der Waals surface area contributed by atoms with Gasteiger partial charge in [-0.25, -0.2) is 0 Å². The zero-order chi connectivity index (χ0) is 12.8. The maximum absolute atomic E-state index is 10.6. The van der Waals surface area contributed by atoms with E-state index in [4.69, 9.17) is 4.74 Å². The van der Waals surface area contributed by atoms with Crippen molar-refractivity contribution in [2.45, 2.75) is 44.6 Å². The van der Waals surface area contributed by atoms with E-state index in [1.807, 2.05) is 6.07 Å². The first kappa shape index (κ1) is 12.9. The number of carbonyl (C=O) groups is 1. The third kappa shape index (κ3) is 3.22. The van der Waals surface area contributed by atoms with E-state index in [2.05, 4.69) is 24.3 Å². The van der Waals surface area contributed by atoms with E-state index in [1.54, 1.807) is 13.2 Å². The van der Waals surface area contributed by atoms with Gasteiger partial charge in [0, 0.05) is 11.5 Å². The predicted molar refractivity (Wildman–Crippen MR) is 72.3 cm³/mol. The highest BCUT2D eigenvalue weighted by Gasteiger charge is 2.27. The molecule has 0 spiro atoms. The number of hydrogen-bond donors (Lipinski definition) is 0. The maximum atomic E-state index is 10.6. The van der Waals surface area contributed by atoms with Crippen LogP contribution >= 0.6 is 0 Å². The van der Waals surface area contributed by atoms with E-state index < -0.39 is 0 Å². The Bertz CT molecular complexity index is 408. The molecule has 2 atom stereocenters. The van der Waals surface area contributed by atoms with Crippen molar-refractivity contribution in [3.05, 3.63) is 47.7 Å². The Hall–Kier alpha value is -1.57. The smallest absolute Gasteiger partial charge is 0.148 e. The lowest BCUT2D eigenvalue weighted by atomic mass is 9.81. The maximum Gasteiger partial charge on any atom is 0.148 e. The molecule has 0 unspecified atom stereocenters. The number of benzene rings is 1. The zero-order valence-electron chi connectivity index (χ0n) is 10.8. The van der Waals surface area contributed by atoms with Gasteiger partial charge in [-0.1, -0.05) is 36.8 Å². The van der Waals surface area contributed by atoms with Gasteiger partial charge in [0.05, 0.1) is 6.26 Å². The van der Waals surface area contributed by atoms with Crippen LogP contribution in [0.4, 0.5) is 0 Å². The summed E-state index contributed by atoms with van der Waals surface area (Å²) in [7, 11) is 0. The van der Waals surface area contributed by atoms with Crippen molar-refractivity contribution in [1.29, 1.82) is 0 Å². The minimum atomic E-state index is 0.205. The second-order valence-corrected chi connectivity index (χ2v) is 4.96. The summed E-state index contributed by atoms with van der Waals surface area (Å²) in [6, 6.07) is 10.5. The molecule has 1 fully saturated rings. The summed E-state index contributed by atoms with van der Waals surface area (Å²) in [6.45, 7) is 1.77. The van der Waals surface area contributed by atoms with Crippen LogP contribution in [0, 0.1) is 0 Å². The lowest BCUT2D eigenvalue weighted by Crippen LogP contribution is -2.24. The first-order valence-electron chi connectivity index (χ1n) is 6.63. The summed E-state index contributed by atoms with van der Waals surface area (Å²) < 4.78 is 5.81. The molecule has 1 aromatic carbocycles. The Morgan fingerprint density at radius 1 is 1.22 bits per heavy atom. The third-order valence-corrected chi connectivity index (χ3v) is 3.54. The molecule has 2 heteroatoms. The van der Waals surface area contributed by atoms with Gasteiger partial charge in [0.15, 0.2) is 0 Å². The molecule has 0 bridgehead atoms. The van der Waals surface area contributed by atoms with Gasteiger partial charge in [-0.05, 0) is 31.7 Å². The largest absolute Gasteiger partial charge is 0.497 e. The van der Waals surface area contributed by atoms with Crippen LogP contribution in [0.1, 0.15) is 44.1 Å². The summed E-state index contributed by atoms with van der Waals surface area (Å²) in [4.78, 5) is 10.6. The number of aldehydes is 1. The van der Waals surface area contributed by atoms with E-state index in [-0.39, 0.29) is 6.10 Å². The van der Waals surface area contributed by atoms with E-state index in [9.17, 15) is 4.79 Å². The molecule has 96 valence electrons. The molecule has 0 radical (unpaired) electrons. The van der Waals surface area contributed by atoms with Gasteiger partial charge < -0.3 is 4.74 Å². The van der Waals surface area contributed by atoms with Gasteiger partial charge in [-0.2, -0.15) is 0 Å². The lowest BCUT2D eigenvalue weighted by Gasteiger charge is -2.31. The molecule has 1 saturated carbocycles. The molecule has 1 aliphatic rings. The molecule has 18 heavy (non-hydrogen) atoms. The van der Waals surface area contributed by atoms with Gasteiger partial charge in [0.2, 0.25) is 0 Å². The molecule has 0 saturated heterocycles. The number of ether oxygens (including phenoxy) is 1. The standard InChI is InChI=1S/C16H20O2/c1-13(11-17)12-18-16-10-6-5-9-15(16)14-7-3-2-4-8-14/h2-4,7-8,11-12,15-16H,5-6,9-10H2,1H3/b13-12+/t15-,16+/m0/s1. The summed E-state index contributed by atoms with van der Waals surface area (Å²) in [5, 5.41) is 0. The minimum Gasteiger partial charge on any atom is -0.497 e. The van der Waals surface area contributed by atoms with Gasteiger partial charge in [-0.3, -0.25) is 4.79 Å². The van der Waals surface area contributed by atoms with Crippen molar-refractivity contribution >= 4 is 6.29 Å². The van der Waals surface area contributed by atoms with Crippen LogP contribution in [0.5, 0.6) is 0 Å². The molecule has 0 aromatic heterocycles. The number of hydrogen-bond acceptors (Lipinski definition) is 2. The monoisotopic (exact) mass is 244 g/mol. The van der Waals surface area contributed by atoms with Crippen molar-refractivity contribution < 1.29 is 9.53 Å². The van der Waals surface area contributed by atoms with Crippen LogP contribution in [-0.4, -0.2) is 12.4 Å². The SMILES string of the molecule is C/C(C=O)=C\O[C@@H]1CCCC[C@H]1c1ccccc1. The average Bonchev–Trinajstić information content (AvgIpc) is 2.46. The molecule has 1 aromatic rings. The first-order chi connectivity index (χ1) is 8.81. The second kappa shape index (κ2) is 6.39. The molecule has 1 aliphatic carbocycles. The fraction of sp³-hybridized carbons (Fsp3) is 0.438. The quantitative estimate of drug-likeness (QED) is 0.457. The van der Waals surface area contributed by atoms with Crippen LogP contribution in [0.3, 0.4) is 0 Å². The normalized spacial score (nSPS) is 24.6. The summed E-state index contributed by atoms with van der Waals surface area (Å²) in [5.74, 6) is 0.454. The second-order valence-electron chi connectivity index (χ2n) is 4.96. The predicted octanol–water partition coefficient (Wildman–Crippen LogP) is 3.83. The van der Waals surface area contributed by atoms with Crippen LogP contribution in [0.2, 0.25) is 0 Å². The van der Waals surface area contributed by atoms with Crippen molar-refractivity contribution in [3.63, 3.8) is 0 Å². The molecular weight excluding hydrogens is 224 g/mol. The Balaban J connectivity index is 2.09. The molecular formula is C16H20O2. The molecule has 0 amide bonds. The molecule has 0 N–H and O–H groups in total. The number of allylic oxidation sites excluding steroid dienone is 1. The third-order valence-electron chi connectivity index (χ3n) is 3.54. The van der Waals surface area contributed by atoms with Gasteiger partial charge in [0.25, 0.3) is 0 Å². The van der Waals surface area contributed by atoms with Crippen LogP contribution in [-0.2, 0) is 9.53 Å². The zero-order valence-corrected chi connectivity index (χ0v) is 10.8. The lowest BCUT2D eigenvalue weighted by molar-refractivity contribution is -0.105. The molecule has 0 heterocycles. The topological polar surface area (TPSA) is 26.3 Å². The molecule has 0 aliphatic heterocycles. The first-order valence-corrected chi connectivity index (χ1v) is 6.63. The van der Waals surface area contributed by atoms with Crippen LogP contribution in [0.25, 0.3) is 0 Å². The van der Waals surface area contributed by atoms with Crippen molar-refractivity contribution in [1.82, 2.24) is 0 Å². The van der Waals surface area contributed by atoms with Crippen LogP contribution < -0.4 is 0 Å². The van der Waals surface area contributed by atoms with E-state index in [0.717, 1.165) is 12.7 Å². The Morgan fingerprint density at radius 3 is 2.67 bits per heavy atom. The minimum absolute atomic E-state index is 0.205. The van der Waals surface area contributed by atoms with E-state index >= 15 is 0 Å². The van der Waals surface area contributed by atoms with Crippen molar-refractivity contribution in [2.75, 3.05) is 0 Å². The Kier molecular flexibility index (Phi) is 4.57. The fourth-order valence-electron chi connectivity index (χ4n) is 2.56. The Labute approximate surface area is 109 Å². The van der Waals surface area contributed by atoms with Crippen LogP contribution in [0.15, 0.2) is 42.2 Å². The average molecular weight is 244 g/mol. The summed E-state index contributed by atoms with van der Waals surface area (Å²) in [5.41, 5.74) is 1.99. The van der Waals surface area contributed by atoms with Crippen molar-refractivity contribution in [3.8, 4) is 0 Å². The number of rotatable bonds is 4. The van der Waals surface area contributed by atoms with Gasteiger partial charge >= 0.3 is 0 Å². The highest BCUT2D eigenvalue weighted by molar-refractivity contribution is 5.71. The molecule has 2 nitrogen and oxygen atoms in total. The van der Waals surface area contributed by atoms with Gasteiger partial charge in [0.1, 0.15) is 12.4 Å². The van der Waals surface area contributed by atoms with Crippen molar-refractivity contribution in [2.24, 2.45) is 0 Å². The molecule has 2 rings (SSSR count). The summed E-state index contributed by atoms with van der Waals surface area (Å²) in [6.07, 6.45) is 7.36. The van der Waals surface area contributed by atoms with Gasteiger partial charge in [-0.15, -0.1) is 0 Å². The Morgan fingerprint density at radius 2 is 1.94 bits per heavy atom. The number of carbonyl (C=O) groups excluding carboxylic acids is 1. The highest BCUT2D eigenvalue weighted by atomic mass is 16.5. The highest BCUT2D eigenvalue weighted by Crippen LogP contribution is 2.35.